The number of carbonyl (C=O) groups is 1. The molecule has 0 radical (unpaired) electrons. The van der Waals surface area contributed by atoms with E-state index in [0.29, 0.717) is 5.82 Å². The van der Waals surface area contributed by atoms with E-state index >= 15 is 0 Å². The monoisotopic (exact) mass is 348 g/mol. The Labute approximate surface area is 151 Å². The molecule has 0 bridgehead atoms. The molecule has 0 aliphatic carbocycles. The van der Waals surface area contributed by atoms with E-state index in [1.165, 1.54) is 10.4 Å². The smallest absolute Gasteiger partial charge is 0.263 e. The van der Waals surface area contributed by atoms with Crippen LogP contribution in [0.2, 0.25) is 0 Å². The topological polar surface area (TPSA) is 85.1 Å². The second-order valence-corrected chi connectivity index (χ2v) is 6.12. The Morgan fingerprint density at radius 2 is 1.85 bits per heavy atom. The minimum atomic E-state index is -0.319. The Hall–Kier alpha value is -3.35. The highest BCUT2D eigenvalue weighted by Gasteiger charge is 2.08. The van der Waals surface area contributed by atoms with E-state index in [-0.39, 0.29) is 12.5 Å². The maximum atomic E-state index is 12.0. The Balaban J connectivity index is 1.61. The molecule has 1 aromatic heterocycles. The Kier molecular flexibility index (Phi) is 5.17. The number of hydrazone groups is 1. The molecule has 132 valence electrons. The maximum absolute atomic E-state index is 12.0. The van der Waals surface area contributed by atoms with Gasteiger partial charge in [-0.25, -0.2) is 5.43 Å². The molecule has 0 atom stereocenters. The van der Waals surface area contributed by atoms with Gasteiger partial charge in [0.1, 0.15) is 6.54 Å². The minimum Gasteiger partial charge on any atom is -0.271 e. The van der Waals surface area contributed by atoms with Gasteiger partial charge < -0.3 is 0 Å². The van der Waals surface area contributed by atoms with Crippen LogP contribution in [-0.4, -0.2) is 32.3 Å². The van der Waals surface area contributed by atoms with E-state index in [0.717, 1.165) is 22.3 Å². The molecular weight excluding hydrogens is 328 g/mol. The molecular formula is C19H20N6O. The van der Waals surface area contributed by atoms with Crippen LogP contribution in [0.25, 0.3) is 11.4 Å². The van der Waals surface area contributed by atoms with Crippen LogP contribution in [0, 0.1) is 20.8 Å². The molecule has 0 saturated carbocycles. The highest BCUT2D eigenvalue weighted by molar-refractivity contribution is 5.85. The lowest BCUT2D eigenvalue weighted by Crippen LogP contribution is -2.24. The van der Waals surface area contributed by atoms with Crippen LogP contribution in [-0.2, 0) is 11.3 Å². The molecule has 0 aliphatic heterocycles. The number of hydrogen-bond acceptors (Lipinski definition) is 5. The van der Waals surface area contributed by atoms with Crippen LogP contribution in [0.15, 0.2) is 47.6 Å². The Bertz CT molecular complexity index is 923. The van der Waals surface area contributed by atoms with Gasteiger partial charge in [-0.15, -0.1) is 10.2 Å². The summed E-state index contributed by atoms with van der Waals surface area (Å²) < 4.78 is 0. The summed E-state index contributed by atoms with van der Waals surface area (Å²) in [5, 5.41) is 16.1. The van der Waals surface area contributed by atoms with Gasteiger partial charge >= 0.3 is 0 Å². The number of aryl methyl sites for hydroxylation is 3. The predicted molar refractivity (Wildman–Crippen MR) is 99.6 cm³/mol. The fourth-order valence-corrected chi connectivity index (χ4v) is 2.74. The molecule has 1 N–H and O–H groups in total. The number of nitrogens with one attached hydrogen (secondary N) is 1. The molecule has 26 heavy (non-hydrogen) atoms. The van der Waals surface area contributed by atoms with Gasteiger partial charge in [0.25, 0.3) is 5.91 Å². The molecule has 2 aromatic carbocycles. The van der Waals surface area contributed by atoms with Gasteiger partial charge in [0.2, 0.25) is 5.82 Å². The molecule has 0 unspecified atom stereocenters. The molecule has 1 amide bonds. The average molecular weight is 348 g/mol. The molecule has 0 fully saturated rings. The van der Waals surface area contributed by atoms with Crippen molar-refractivity contribution >= 4 is 12.1 Å². The second kappa shape index (κ2) is 7.69. The van der Waals surface area contributed by atoms with Crippen molar-refractivity contribution in [1.29, 1.82) is 0 Å². The highest BCUT2D eigenvalue weighted by atomic mass is 16.2. The first-order valence-corrected chi connectivity index (χ1v) is 8.26. The van der Waals surface area contributed by atoms with Crippen LogP contribution in [0.4, 0.5) is 0 Å². The molecule has 1 heterocycles. The fourth-order valence-electron chi connectivity index (χ4n) is 2.74. The lowest BCUT2D eigenvalue weighted by molar-refractivity contribution is -0.122. The van der Waals surface area contributed by atoms with Crippen molar-refractivity contribution in [3.05, 3.63) is 64.7 Å². The number of nitrogens with zero attached hydrogens (tertiary/aromatic N) is 5. The quantitative estimate of drug-likeness (QED) is 0.567. The van der Waals surface area contributed by atoms with Gasteiger partial charge in [-0.1, -0.05) is 48.0 Å². The Morgan fingerprint density at radius 1 is 1.15 bits per heavy atom. The zero-order valence-corrected chi connectivity index (χ0v) is 15.0. The van der Waals surface area contributed by atoms with Gasteiger partial charge in [-0.2, -0.15) is 9.90 Å². The molecule has 7 nitrogen and oxygen atoms in total. The zero-order valence-electron chi connectivity index (χ0n) is 15.0. The van der Waals surface area contributed by atoms with Crippen LogP contribution >= 0.6 is 0 Å². The van der Waals surface area contributed by atoms with E-state index in [1.807, 2.05) is 44.2 Å². The van der Waals surface area contributed by atoms with Gasteiger partial charge in [-0.3, -0.25) is 4.79 Å². The summed E-state index contributed by atoms with van der Waals surface area (Å²) >= 11 is 0. The number of benzene rings is 2. The predicted octanol–water partition coefficient (Wildman–Crippen LogP) is 2.42. The average Bonchev–Trinajstić information content (AvgIpc) is 3.06. The lowest BCUT2D eigenvalue weighted by atomic mass is 10.0. The van der Waals surface area contributed by atoms with Crippen LogP contribution in [0.5, 0.6) is 0 Å². The van der Waals surface area contributed by atoms with Crippen molar-refractivity contribution in [1.82, 2.24) is 25.6 Å². The number of tetrazole rings is 1. The van der Waals surface area contributed by atoms with Gasteiger partial charge in [0.15, 0.2) is 0 Å². The third kappa shape index (κ3) is 4.18. The third-order valence-corrected chi connectivity index (χ3v) is 3.89. The summed E-state index contributed by atoms with van der Waals surface area (Å²) in [5.74, 6) is 0.161. The standard InChI is InChI=1S/C19H20N6O/c1-13-9-14(2)17(15(3)10-13)11-20-21-18(26)12-25-23-19(22-24-25)16-7-5-4-6-8-16/h4-11H,12H2,1-3H3,(H,21,26)/b20-11-. The molecule has 0 saturated heterocycles. The van der Waals surface area contributed by atoms with Crippen molar-refractivity contribution in [3.63, 3.8) is 0 Å². The second-order valence-electron chi connectivity index (χ2n) is 6.12. The summed E-state index contributed by atoms with van der Waals surface area (Å²) in [5.41, 5.74) is 7.78. The van der Waals surface area contributed by atoms with E-state index in [4.69, 9.17) is 0 Å². The Morgan fingerprint density at radius 3 is 2.54 bits per heavy atom. The first-order chi connectivity index (χ1) is 12.5. The maximum Gasteiger partial charge on any atom is 0.263 e. The number of aromatic nitrogens is 4. The number of rotatable bonds is 5. The molecule has 3 aromatic rings. The number of amides is 1. The SMILES string of the molecule is Cc1cc(C)c(/C=N\NC(=O)Cn2nnc(-c3ccccc3)n2)c(C)c1. The summed E-state index contributed by atoms with van der Waals surface area (Å²) in [4.78, 5) is 13.3. The summed E-state index contributed by atoms with van der Waals surface area (Å²) in [6, 6.07) is 13.6. The normalized spacial score (nSPS) is 11.0. The zero-order chi connectivity index (χ0) is 18.5. The molecule has 0 spiro atoms. The lowest BCUT2D eigenvalue weighted by Gasteiger charge is -2.06. The van der Waals surface area contributed by atoms with Crippen molar-refractivity contribution in [2.45, 2.75) is 27.3 Å². The third-order valence-electron chi connectivity index (χ3n) is 3.89. The van der Waals surface area contributed by atoms with Gasteiger partial charge in [0, 0.05) is 11.1 Å². The van der Waals surface area contributed by atoms with Crippen molar-refractivity contribution < 1.29 is 4.79 Å². The van der Waals surface area contributed by atoms with Crippen LogP contribution in [0.1, 0.15) is 22.3 Å². The summed E-state index contributed by atoms with van der Waals surface area (Å²) in [6.45, 7) is 6.04. The number of carbonyl (C=O) groups excluding carboxylic acids is 1. The minimum absolute atomic E-state index is 0.0525. The molecule has 3 rings (SSSR count). The number of hydrogen-bond donors (Lipinski definition) is 1. The van der Waals surface area contributed by atoms with E-state index in [1.54, 1.807) is 6.21 Å². The van der Waals surface area contributed by atoms with Crippen LogP contribution < -0.4 is 5.43 Å². The van der Waals surface area contributed by atoms with Gasteiger partial charge in [-0.05, 0) is 37.1 Å². The van der Waals surface area contributed by atoms with E-state index in [2.05, 4.69) is 45.0 Å². The molecule has 7 heteroatoms. The summed E-state index contributed by atoms with van der Waals surface area (Å²) in [7, 11) is 0. The highest BCUT2D eigenvalue weighted by Crippen LogP contribution is 2.14. The van der Waals surface area contributed by atoms with E-state index in [9.17, 15) is 4.79 Å². The van der Waals surface area contributed by atoms with Gasteiger partial charge in [0.05, 0.1) is 6.21 Å². The van der Waals surface area contributed by atoms with Crippen molar-refractivity contribution in [2.75, 3.05) is 0 Å². The largest absolute Gasteiger partial charge is 0.271 e. The van der Waals surface area contributed by atoms with Crippen LogP contribution in [0.3, 0.4) is 0 Å². The molecule has 0 aliphatic rings. The first-order valence-electron chi connectivity index (χ1n) is 8.26. The van der Waals surface area contributed by atoms with Crippen molar-refractivity contribution in [3.8, 4) is 11.4 Å². The van der Waals surface area contributed by atoms with Crippen molar-refractivity contribution in [2.24, 2.45) is 5.10 Å². The summed E-state index contributed by atoms with van der Waals surface area (Å²) in [6.07, 6.45) is 1.66. The fraction of sp³-hybridized carbons (Fsp3) is 0.211. The van der Waals surface area contributed by atoms with E-state index < -0.39 is 0 Å². The first kappa shape index (κ1) is 17.5.